The molecule has 0 radical (unpaired) electrons. The van der Waals surface area contributed by atoms with Gasteiger partial charge in [-0.15, -0.1) is 0 Å². The van der Waals surface area contributed by atoms with Gasteiger partial charge < -0.3 is 67.1 Å². The quantitative estimate of drug-likeness (QED) is 0.0828. The molecular formula is C47H63N9O13. The molecule has 0 saturated carbocycles. The van der Waals surface area contributed by atoms with Gasteiger partial charge >= 0.3 is 12.0 Å². The molecule has 69 heavy (non-hydrogen) atoms. The van der Waals surface area contributed by atoms with Gasteiger partial charge in [0.15, 0.2) is 11.5 Å². The van der Waals surface area contributed by atoms with Crippen molar-refractivity contribution in [3.05, 3.63) is 65.4 Å². The van der Waals surface area contributed by atoms with E-state index in [0.717, 1.165) is 21.9 Å². The number of nitrogens with zero attached hydrogens (tertiary/aromatic N) is 2. The van der Waals surface area contributed by atoms with Crippen LogP contribution in [-0.2, 0) is 55.9 Å². The smallest absolute Gasteiger partial charge is 0.329 e. The fourth-order valence-electron chi connectivity index (χ4n) is 8.16. The molecule has 0 aromatic heterocycles. The van der Waals surface area contributed by atoms with Gasteiger partial charge in [-0.3, -0.25) is 33.6 Å². The van der Waals surface area contributed by atoms with Crippen LogP contribution in [0.15, 0.2) is 54.2 Å². The topological polar surface area (TPSA) is 314 Å². The Morgan fingerprint density at radius 3 is 2.20 bits per heavy atom. The first-order valence-electron chi connectivity index (χ1n) is 22.9. The number of urea groups is 1. The van der Waals surface area contributed by atoms with Crippen molar-refractivity contribution in [3.63, 3.8) is 0 Å². The number of aromatic hydroxyl groups is 2. The lowest BCUT2D eigenvalue weighted by atomic mass is 9.95. The van der Waals surface area contributed by atoms with Crippen LogP contribution >= 0.6 is 0 Å². The van der Waals surface area contributed by atoms with Gasteiger partial charge in [0, 0.05) is 44.1 Å². The summed E-state index contributed by atoms with van der Waals surface area (Å²) in [4.78, 5) is 130. The molecule has 4 bridgehead atoms. The third-order valence-corrected chi connectivity index (χ3v) is 12.2. The highest BCUT2D eigenvalue weighted by atomic mass is 16.5. The minimum Gasteiger partial charge on any atom is -0.504 e. The molecule has 3 aliphatic heterocycles. The van der Waals surface area contributed by atoms with Crippen molar-refractivity contribution in [1.82, 2.24) is 41.7 Å². The lowest BCUT2D eigenvalue weighted by molar-refractivity contribution is -0.165. The summed E-state index contributed by atoms with van der Waals surface area (Å²) in [6.45, 7) is 8.96. The SMILES string of the molecule is C/C=C1\NC(=O)[C@H]2NC(=O)[C@@H](NC(=O)C(C)C)CCCNC(=O)Nc3cc(O)c(O)cc3C[C@@H](C(=O)N[C@@H](C(C)C)C(=O)O[C@@H]2C)N(C)C(=O)[C@H](Cc2ccccc2)N2C(=O)[C@H](CC[C@H]2O)NC1=O. The van der Waals surface area contributed by atoms with Crippen LogP contribution in [0, 0.1) is 11.8 Å². The number of benzene rings is 2. The Morgan fingerprint density at radius 2 is 1.55 bits per heavy atom. The van der Waals surface area contributed by atoms with Gasteiger partial charge in [0.2, 0.25) is 29.5 Å². The van der Waals surface area contributed by atoms with Crippen molar-refractivity contribution < 1.29 is 63.2 Å². The molecule has 2 aromatic rings. The zero-order valence-corrected chi connectivity index (χ0v) is 39.7. The van der Waals surface area contributed by atoms with Crippen LogP contribution in [0.3, 0.4) is 0 Å². The first-order valence-corrected chi connectivity index (χ1v) is 22.9. The van der Waals surface area contributed by atoms with Crippen molar-refractivity contribution in [3.8, 4) is 11.5 Å². The predicted octanol–water partition coefficient (Wildman–Crippen LogP) is 0.151. The minimum absolute atomic E-state index is 0.0172. The second kappa shape index (κ2) is 23.2. The molecule has 22 nitrogen and oxygen atoms in total. The van der Waals surface area contributed by atoms with Crippen LogP contribution in [0.25, 0.3) is 0 Å². The van der Waals surface area contributed by atoms with E-state index in [4.69, 9.17) is 4.74 Å². The van der Waals surface area contributed by atoms with Gasteiger partial charge in [-0.05, 0) is 62.6 Å². The molecule has 2 aromatic carbocycles. The van der Waals surface area contributed by atoms with Crippen molar-refractivity contribution in [2.24, 2.45) is 11.8 Å². The van der Waals surface area contributed by atoms with Gasteiger partial charge in [-0.25, -0.2) is 9.59 Å². The highest BCUT2D eigenvalue weighted by Gasteiger charge is 2.45. The molecule has 10 N–H and O–H groups in total. The number of carbonyl (C=O) groups is 9. The summed E-state index contributed by atoms with van der Waals surface area (Å²) in [7, 11) is 1.26. The van der Waals surface area contributed by atoms with E-state index in [9.17, 15) is 53.7 Å². The molecule has 2 saturated heterocycles. The number of phenolic OH excluding ortho intramolecular Hbond substituents is 2. The standard InChI is InChI=1S/C47H63N9O13/c1-8-28-40(61)51-30-16-17-36(59)56(44(30)65)33(19-26-13-10-9-11-14-26)45(66)55(7)32-20-27-21-34(57)35(58)22-31(27)52-47(68)48-18-12-15-29(50-39(60)24(4)5)41(62)54-38(43(64)49-28)25(6)69-46(67)37(23(2)3)53-42(32)63/h8-11,13-14,21-25,29-30,32-33,36-38,57-59H,12,15-20H2,1-7H3,(H,49,64)(H,50,60)(H,51,61)(H,53,63)(H,54,62)(H2,48,52,68)/b28-8-/t25-,29+,30+,32+,33+,36-,37+,38+/m1/s1. The molecule has 0 spiro atoms. The van der Waals surface area contributed by atoms with Gasteiger partial charge in [0.25, 0.3) is 11.8 Å². The van der Waals surface area contributed by atoms with E-state index in [1.54, 1.807) is 58.0 Å². The van der Waals surface area contributed by atoms with E-state index >= 15 is 4.79 Å². The third kappa shape index (κ3) is 13.1. The maximum absolute atomic E-state index is 15.2. The molecule has 9 amide bonds. The van der Waals surface area contributed by atoms with Crippen LogP contribution in [0.5, 0.6) is 11.5 Å². The fourth-order valence-corrected chi connectivity index (χ4v) is 8.16. The van der Waals surface area contributed by atoms with E-state index in [1.165, 1.54) is 27.0 Å². The molecule has 22 heteroatoms. The van der Waals surface area contributed by atoms with E-state index in [-0.39, 0.29) is 55.6 Å². The zero-order chi connectivity index (χ0) is 50.9. The highest BCUT2D eigenvalue weighted by molar-refractivity contribution is 6.03. The Kier molecular flexibility index (Phi) is 17.7. The number of hydrogen-bond donors (Lipinski definition) is 10. The van der Waals surface area contributed by atoms with Gasteiger partial charge in [-0.2, -0.15) is 0 Å². The number of rotatable bonds is 5. The van der Waals surface area contributed by atoms with E-state index < -0.39 is 132 Å². The van der Waals surface area contributed by atoms with Gasteiger partial charge in [0.05, 0.1) is 0 Å². The Hall–Kier alpha value is -7.23. The highest BCUT2D eigenvalue weighted by Crippen LogP contribution is 2.33. The number of phenols is 2. The summed E-state index contributed by atoms with van der Waals surface area (Å²) in [6, 6.07) is 0.678. The Labute approximate surface area is 399 Å². The summed E-state index contributed by atoms with van der Waals surface area (Å²) in [5, 5.41) is 51.0. The summed E-state index contributed by atoms with van der Waals surface area (Å²) >= 11 is 0. The lowest BCUT2D eigenvalue weighted by Gasteiger charge is -2.43. The van der Waals surface area contributed by atoms with Crippen LogP contribution in [-0.4, -0.2) is 141 Å². The van der Waals surface area contributed by atoms with Crippen molar-refractivity contribution in [1.29, 1.82) is 0 Å². The first-order chi connectivity index (χ1) is 32.6. The number of aliphatic hydroxyl groups excluding tert-OH is 1. The van der Waals surface area contributed by atoms with Crippen LogP contribution in [0.4, 0.5) is 10.5 Å². The first kappa shape index (κ1) is 52.7. The summed E-state index contributed by atoms with van der Waals surface area (Å²) in [5.74, 6) is -9.86. The number of aliphatic hydroxyl groups is 1. The third-order valence-electron chi connectivity index (χ3n) is 12.2. The molecule has 0 unspecified atom stereocenters. The van der Waals surface area contributed by atoms with Crippen LogP contribution in [0.2, 0.25) is 0 Å². The van der Waals surface area contributed by atoms with Crippen molar-refractivity contribution >= 4 is 59.0 Å². The molecule has 3 aliphatic rings. The second-order valence-corrected chi connectivity index (χ2v) is 18.0. The van der Waals surface area contributed by atoms with Crippen LogP contribution < -0.4 is 37.2 Å². The molecule has 374 valence electrons. The minimum atomic E-state index is -1.76. The number of esters is 1. The number of amides is 9. The monoisotopic (exact) mass is 961 g/mol. The molecule has 2 fully saturated rings. The maximum atomic E-state index is 15.2. The van der Waals surface area contributed by atoms with E-state index in [0.29, 0.717) is 5.56 Å². The van der Waals surface area contributed by atoms with Crippen molar-refractivity contribution in [2.75, 3.05) is 18.9 Å². The number of piperidine rings is 1. The molecule has 8 atom stereocenters. The van der Waals surface area contributed by atoms with E-state index in [2.05, 4.69) is 37.2 Å². The maximum Gasteiger partial charge on any atom is 0.329 e. The number of likely N-dealkylation sites (N-methyl/N-ethyl adjacent to an activating group) is 1. The predicted molar refractivity (Wildman–Crippen MR) is 247 cm³/mol. The second-order valence-electron chi connectivity index (χ2n) is 18.0. The number of allylic oxidation sites excluding steroid dienone is 1. The lowest BCUT2D eigenvalue weighted by Crippen LogP contribution is -2.64. The number of ether oxygens (including phenoxy) is 1. The number of hydrogen-bond acceptors (Lipinski definition) is 13. The summed E-state index contributed by atoms with van der Waals surface area (Å²) in [6.07, 6.45) is -2.80. The molecule has 0 aliphatic carbocycles. The Morgan fingerprint density at radius 1 is 0.870 bits per heavy atom. The number of fused-ring (bicyclic) bond motifs is 10. The summed E-state index contributed by atoms with van der Waals surface area (Å²) in [5.41, 5.74) is 0.0729. The average Bonchev–Trinajstić information content (AvgIpc) is 3.29. The molecule has 5 rings (SSSR count). The largest absolute Gasteiger partial charge is 0.504 e. The Bertz CT molecular complexity index is 2320. The molecular weight excluding hydrogens is 899 g/mol. The van der Waals surface area contributed by atoms with Gasteiger partial charge in [0.1, 0.15) is 54.3 Å². The number of nitrogens with one attached hydrogen (secondary N) is 7. The van der Waals surface area contributed by atoms with Gasteiger partial charge in [-0.1, -0.05) is 64.1 Å². The molecule has 3 heterocycles. The van der Waals surface area contributed by atoms with Crippen LogP contribution in [0.1, 0.15) is 78.4 Å². The zero-order valence-electron chi connectivity index (χ0n) is 39.7. The van der Waals surface area contributed by atoms with E-state index in [1.807, 2.05) is 0 Å². The normalized spacial score (nSPS) is 26.8. The summed E-state index contributed by atoms with van der Waals surface area (Å²) < 4.78 is 5.84. The fraction of sp³-hybridized carbons (Fsp3) is 0.511. The van der Waals surface area contributed by atoms with Crippen molar-refractivity contribution in [2.45, 2.75) is 129 Å². The Balaban J connectivity index is 1.74. The number of carbonyl (C=O) groups excluding carboxylic acids is 9. The average molecular weight is 962 g/mol. The number of anilines is 1.